The Morgan fingerprint density at radius 1 is 1.44 bits per heavy atom. The van der Waals surface area contributed by atoms with E-state index in [1.165, 1.54) is 12.2 Å². The lowest BCUT2D eigenvalue weighted by atomic mass is 10.2. The second kappa shape index (κ2) is 5.05. The van der Waals surface area contributed by atoms with Crippen molar-refractivity contribution >= 4 is 35.3 Å². The van der Waals surface area contributed by atoms with Gasteiger partial charge in [-0.05, 0) is 23.8 Å². The number of hydrogen-bond acceptors (Lipinski definition) is 6. The van der Waals surface area contributed by atoms with Crippen molar-refractivity contribution in [2.75, 3.05) is 35.8 Å². The fraction of sp³-hybridized carbons (Fsp3) is 0.667. The van der Waals surface area contributed by atoms with Gasteiger partial charge in [-0.1, -0.05) is 0 Å². The van der Waals surface area contributed by atoms with Crippen LogP contribution >= 0.6 is 23.4 Å². The highest BCUT2D eigenvalue weighted by Gasteiger charge is 2.22. The highest BCUT2D eigenvalue weighted by Crippen LogP contribution is 2.24. The van der Waals surface area contributed by atoms with Gasteiger partial charge < -0.3 is 10.2 Å². The second-order valence-electron chi connectivity index (χ2n) is 3.61. The fourth-order valence-electron chi connectivity index (χ4n) is 1.60. The lowest BCUT2D eigenvalue weighted by Crippen LogP contribution is -2.33. The van der Waals surface area contributed by atoms with Crippen molar-refractivity contribution in [3.05, 3.63) is 5.28 Å². The van der Waals surface area contributed by atoms with E-state index in [4.69, 9.17) is 11.6 Å². The smallest absolute Gasteiger partial charge is 0.231 e. The third kappa shape index (κ3) is 2.49. The van der Waals surface area contributed by atoms with Crippen LogP contribution in [0.3, 0.4) is 0 Å². The van der Waals surface area contributed by atoms with E-state index >= 15 is 0 Å². The minimum absolute atomic E-state index is 0.229. The van der Waals surface area contributed by atoms with E-state index in [0.717, 1.165) is 5.75 Å². The van der Waals surface area contributed by atoms with E-state index in [0.29, 0.717) is 17.9 Å². The van der Waals surface area contributed by atoms with Gasteiger partial charge in [0, 0.05) is 25.9 Å². The number of thioether (sulfide) groups is 1. The molecule has 1 unspecified atom stereocenters. The summed E-state index contributed by atoms with van der Waals surface area (Å²) >= 11 is 7.80. The molecule has 1 atom stereocenters. The lowest BCUT2D eigenvalue weighted by molar-refractivity contribution is 0.679. The van der Waals surface area contributed by atoms with E-state index in [1.54, 1.807) is 7.05 Å². The van der Waals surface area contributed by atoms with Crippen LogP contribution in [0.1, 0.15) is 6.42 Å². The third-order valence-corrected chi connectivity index (χ3v) is 3.90. The SMILES string of the molecule is CNc1nc(Cl)nc(N(C)C2CCSC2)n1. The standard InChI is InChI=1S/C9H14ClN5S/c1-11-8-12-7(10)13-9(14-8)15(2)6-3-4-16-5-6/h6H,3-5H2,1-2H3,(H,11,12,13,14). The van der Waals surface area contributed by atoms with E-state index in [-0.39, 0.29) is 5.28 Å². The molecule has 1 aliphatic rings. The molecule has 0 bridgehead atoms. The highest BCUT2D eigenvalue weighted by molar-refractivity contribution is 7.99. The maximum Gasteiger partial charge on any atom is 0.231 e. The maximum atomic E-state index is 5.85. The van der Waals surface area contributed by atoms with Gasteiger partial charge in [-0.25, -0.2) is 0 Å². The van der Waals surface area contributed by atoms with Crippen molar-refractivity contribution in [2.45, 2.75) is 12.5 Å². The molecule has 1 aliphatic heterocycles. The van der Waals surface area contributed by atoms with Crippen molar-refractivity contribution in [1.29, 1.82) is 0 Å². The average molecular weight is 260 g/mol. The molecule has 1 N–H and O–H groups in total. The first-order valence-electron chi connectivity index (χ1n) is 5.10. The number of aromatic nitrogens is 3. The summed E-state index contributed by atoms with van der Waals surface area (Å²) in [6.07, 6.45) is 1.17. The first-order chi connectivity index (χ1) is 7.70. The van der Waals surface area contributed by atoms with Crippen molar-refractivity contribution in [2.24, 2.45) is 0 Å². The first kappa shape index (κ1) is 11.7. The van der Waals surface area contributed by atoms with Gasteiger partial charge in [0.1, 0.15) is 0 Å². The number of nitrogens with zero attached hydrogens (tertiary/aromatic N) is 4. The van der Waals surface area contributed by atoms with Gasteiger partial charge in [0.05, 0.1) is 0 Å². The molecule has 1 saturated heterocycles. The van der Waals surface area contributed by atoms with E-state index in [2.05, 4.69) is 25.2 Å². The molecule has 0 aliphatic carbocycles. The highest BCUT2D eigenvalue weighted by atomic mass is 35.5. The van der Waals surface area contributed by atoms with Crippen molar-refractivity contribution in [3.63, 3.8) is 0 Å². The van der Waals surface area contributed by atoms with Crippen LogP contribution in [0.25, 0.3) is 0 Å². The molecule has 16 heavy (non-hydrogen) atoms. The van der Waals surface area contributed by atoms with E-state index in [1.807, 2.05) is 18.8 Å². The summed E-state index contributed by atoms with van der Waals surface area (Å²) in [7, 11) is 3.77. The minimum Gasteiger partial charge on any atom is -0.357 e. The Morgan fingerprint density at radius 2 is 2.25 bits per heavy atom. The summed E-state index contributed by atoms with van der Waals surface area (Å²) in [5, 5.41) is 3.10. The minimum atomic E-state index is 0.229. The molecule has 0 saturated carbocycles. The molecule has 5 nitrogen and oxygen atoms in total. The van der Waals surface area contributed by atoms with Crippen LogP contribution in [-0.2, 0) is 0 Å². The average Bonchev–Trinajstić information content (AvgIpc) is 2.80. The Balaban J connectivity index is 2.21. The molecule has 0 aromatic carbocycles. The van der Waals surface area contributed by atoms with Crippen LogP contribution < -0.4 is 10.2 Å². The third-order valence-electron chi connectivity index (χ3n) is 2.59. The number of halogens is 1. The summed E-state index contributed by atoms with van der Waals surface area (Å²) in [5.41, 5.74) is 0. The van der Waals surface area contributed by atoms with Crippen LogP contribution in [-0.4, -0.2) is 46.6 Å². The zero-order chi connectivity index (χ0) is 11.5. The molecule has 7 heteroatoms. The maximum absolute atomic E-state index is 5.85. The molecule has 1 aromatic heterocycles. The summed E-state index contributed by atoms with van der Waals surface area (Å²) in [5.74, 6) is 3.46. The van der Waals surface area contributed by atoms with Gasteiger partial charge in [0.15, 0.2) is 0 Å². The van der Waals surface area contributed by atoms with Gasteiger partial charge in [0.25, 0.3) is 0 Å². The molecular formula is C9H14ClN5S. The zero-order valence-corrected chi connectivity index (χ0v) is 10.8. The summed E-state index contributed by atoms with van der Waals surface area (Å²) in [4.78, 5) is 14.5. The van der Waals surface area contributed by atoms with Gasteiger partial charge in [-0.15, -0.1) is 0 Å². The number of rotatable bonds is 3. The number of anilines is 2. The predicted octanol–water partition coefficient (Wildman–Crippen LogP) is 1.51. The van der Waals surface area contributed by atoms with Crippen LogP contribution in [0.15, 0.2) is 0 Å². The van der Waals surface area contributed by atoms with Crippen LogP contribution in [0.2, 0.25) is 5.28 Å². The molecule has 1 aromatic rings. The van der Waals surface area contributed by atoms with E-state index in [9.17, 15) is 0 Å². The van der Waals surface area contributed by atoms with E-state index < -0.39 is 0 Å². The molecule has 0 radical (unpaired) electrons. The van der Waals surface area contributed by atoms with Gasteiger partial charge >= 0.3 is 0 Å². The normalized spacial score (nSPS) is 19.8. The zero-order valence-electron chi connectivity index (χ0n) is 9.27. The van der Waals surface area contributed by atoms with Crippen molar-refractivity contribution in [1.82, 2.24) is 15.0 Å². The second-order valence-corrected chi connectivity index (χ2v) is 5.09. The summed E-state index contributed by atoms with van der Waals surface area (Å²) < 4.78 is 0. The molecular weight excluding hydrogens is 246 g/mol. The topological polar surface area (TPSA) is 53.9 Å². The molecule has 88 valence electrons. The molecule has 0 spiro atoms. The Bertz CT molecular complexity index is 369. The summed E-state index contributed by atoms with van der Waals surface area (Å²) in [6, 6.07) is 0.494. The first-order valence-corrected chi connectivity index (χ1v) is 6.64. The number of nitrogens with one attached hydrogen (secondary N) is 1. The largest absolute Gasteiger partial charge is 0.357 e. The Morgan fingerprint density at radius 3 is 2.88 bits per heavy atom. The fourth-order valence-corrected chi connectivity index (χ4v) is 3.02. The van der Waals surface area contributed by atoms with Gasteiger partial charge in [-0.3, -0.25) is 0 Å². The molecule has 0 amide bonds. The van der Waals surface area contributed by atoms with Crippen LogP contribution in [0.4, 0.5) is 11.9 Å². The van der Waals surface area contributed by atoms with Crippen LogP contribution in [0, 0.1) is 0 Å². The van der Waals surface area contributed by atoms with Crippen molar-refractivity contribution in [3.8, 4) is 0 Å². The van der Waals surface area contributed by atoms with Crippen molar-refractivity contribution < 1.29 is 0 Å². The molecule has 2 heterocycles. The Kier molecular flexibility index (Phi) is 3.70. The van der Waals surface area contributed by atoms with Crippen LogP contribution in [0.5, 0.6) is 0 Å². The summed E-state index contributed by atoms with van der Waals surface area (Å²) in [6.45, 7) is 0. The Labute approximate surface area is 104 Å². The lowest BCUT2D eigenvalue weighted by Gasteiger charge is -2.23. The predicted molar refractivity (Wildman–Crippen MR) is 68.5 cm³/mol. The van der Waals surface area contributed by atoms with Gasteiger partial charge in [0.2, 0.25) is 17.2 Å². The quantitative estimate of drug-likeness (QED) is 0.888. The molecule has 2 rings (SSSR count). The number of hydrogen-bond donors (Lipinski definition) is 1. The monoisotopic (exact) mass is 259 g/mol. The molecule has 1 fully saturated rings. The Hall–Kier alpha value is -0.750. The van der Waals surface area contributed by atoms with Gasteiger partial charge in [-0.2, -0.15) is 26.7 Å².